The number of amides is 2. The Morgan fingerprint density at radius 1 is 1.26 bits per heavy atom. The lowest BCUT2D eigenvalue weighted by Crippen LogP contribution is -2.21. The molecule has 0 bridgehead atoms. The van der Waals surface area contributed by atoms with Crippen molar-refractivity contribution in [1.82, 2.24) is 15.1 Å². The number of anilines is 1. The number of carbonyl (C=O) groups is 3. The molecule has 0 radical (unpaired) electrons. The van der Waals surface area contributed by atoms with Crippen LogP contribution in [0.1, 0.15) is 20.7 Å². The van der Waals surface area contributed by atoms with Gasteiger partial charge in [-0.1, -0.05) is 6.07 Å². The van der Waals surface area contributed by atoms with Crippen molar-refractivity contribution in [3.05, 3.63) is 47.8 Å². The third kappa shape index (κ3) is 4.40. The van der Waals surface area contributed by atoms with Gasteiger partial charge in [-0.15, -0.1) is 0 Å². The number of aryl methyl sites for hydroxylation is 1. The Kier molecular flexibility index (Phi) is 5.08. The van der Waals surface area contributed by atoms with Gasteiger partial charge in [-0.25, -0.2) is 4.79 Å². The van der Waals surface area contributed by atoms with Crippen molar-refractivity contribution >= 4 is 23.5 Å². The summed E-state index contributed by atoms with van der Waals surface area (Å²) in [5.41, 5.74) is 1.12. The third-order valence-corrected chi connectivity index (χ3v) is 2.91. The molecule has 2 N–H and O–H groups in total. The molecule has 23 heavy (non-hydrogen) atoms. The molecule has 0 aliphatic rings. The van der Waals surface area contributed by atoms with Crippen molar-refractivity contribution in [2.45, 2.75) is 0 Å². The van der Waals surface area contributed by atoms with Crippen LogP contribution in [-0.4, -0.2) is 41.2 Å². The van der Waals surface area contributed by atoms with Gasteiger partial charge in [-0.2, -0.15) is 5.10 Å². The molecule has 0 aliphatic carbocycles. The van der Waals surface area contributed by atoms with E-state index in [2.05, 4.69) is 15.7 Å². The van der Waals surface area contributed by atoms with Crippen molar-refractivity contribution in [3.8, 4) is 0 Å². The summed E-state index contributed by atoms with van der Waals surface area (Å²) < 4.78 is 6.35. The van der Waals surface area contributed by atoms with Gasteiger partial charge in [0, 0.05) is 31.5 Å². The zero-order valence-electron chi connectivity index (χ0n) is 12.7. The Labute approximate surface area is 132 Å². The van der Waals surface area contributed by atoms with Crippen LogP contribution in [0.2, 0.25) is 0 Å². The molecule has 1 aromatic heterocycles. The highest BCUT2D eigenvalue weighted by Crippen LogP contribution is 2.10. The average molecular weight is 316 g/mol. The number of ether oxygens (including phenoxy) is 1. The molecule has 8 nitrogen and oxygen atoms in total. The minimum Gasteiger partial charge on any atom is -0.452 e. The summed E-state index contributed by atoms with van der Waals surface area (Å²) in [4.78, 5) is 35.0. The Hall–Kier alpha value is -3.16. The molecule has 2 aromatic rings. The quantitative estimate of drug-likeness (QED) is 0.785. The maximum Gasteiger partial charge on any atom is 0.341 e. The number of hydrogen-bond acceptors (Lipinski definition) is 5. The summed E-state index contributed by atoms with van der Waals surface area (Å²) in [5, 5.41) is 8.89. The maximum absolute atomic E-state index is 11.8. The molecule has 0 saturated heterocycles. The highest BCUT2D eigenvalue weighted by atomic mass is 16.5. The van der Waals surface area contributed by atoms with Gasteiger partial charge < -0.3 is 15.4 Å². The lowest BCUT2D eigenvalue weighted by atomic mass is 10.2. The van der Waals surface area contributed by atoms with Crippen LogP contribution in [0, 0.1) is 0 Å². The van der Waals surface area contributed by atoms with E-state index in [1.165, 1.54) is 30.2 Å². The number of nitrogens with zero attached hydrogens (tertiary/aromatic N) is 2. The lowest BCUT2D eigenvalue weighted by Gasteiger charge is -2.07. The number of benzene rings is 1. The van der Waals surface area contributed by atoms with Crippen LogP contribution in [0.5, 0.6) is 0 Å². The molecule has 2 rings (SSSR count). The summed E-state index contributed by atoms with van der Waals surface area (Å²) in [5.74, 6) is -1.40. The molecule has 0 atom stereocenters. The summed E-state index contributed by atoms with van der Waals surface area (Å²) in [7, 11) is 3.19. The van der Waals surface area contributed by atoms with Crippen molar-refractivity contribution < 1.29 is 19.1 Å². The van der Waals surface area contributed by atoms with E-state index in [0.717, 1.165) is 0 Å². The van der Waals surface area contributed by atoms with E-state index in [9.17, 15) is 14.4 Å². The molecule has 1 heterocycles. The van der Waals surface area contributed by atoms with Gasteiger partial charge in [0.25, 0.3) is 11.8 Å². The van der Waals surface area contributed by atoms with Crippen LogP contribution in [0.3, 0.4) is 0 Å². The number of hydrogen-bond donors (Lipinski definition) is 2. The van der Waals surface area contributed by atoms with Gasteiger partial charge >= 0.3 is 5.97 Å². The van der Waals surface area contributed by atoms with E-state index in [4.69, 9.17) is 4.74 Å². The van der Waals surface area contributed by atoms with Crippen molar-refractivity contribution in [3.63, 3.8) is 0 Å². The Morgan fingerprint density at radius 3 is 2.70 bits per heavy atom. The molecule has 0 aliphatic heterocycles. The number of esters is 1. The summed E-state index contributed by atoms with van der Waals surface area (Å²) in [6.07, 6.45) is 2.85. The molecule has 120 valence electrons. The van der Waals surface area contributed by atoms with Crippen molar-refractivity contribution in [2.24, 2.45) is 7.05 Å². The van der Waals surface area contributed by atoms with Crippen LogP contribution >= 0.6 is 0 Å². The van der Waals surface area contributed by atoms with E-state index < -0.39 is 18.5 Å². The fourth-order valence-electron chi connectivity index (χ4n) is 1.82. The van der Waals surface area contributed by atoms with Gasteiger partial charge in [0.1, 0.15) is 0 Å². The molecular formula is C15H16N4O4. The predicted octanol–water partition coefficient (Wildman–Crippen LogP) is 0.575. The summed E-state index contributed by atoms with van der Waals surface area (Å²) in [6.45, 7) is -0.433. The van der Waals surface area contributed by atoms with Gasteiger partial charge in [-0.05, 0) is 18.2 Å². The average Bonchev–Trinajstić information content (AvgIpc) is 2.98. The van der Waals surface area contributed by atoms with Crippen molar-refractivity contribution in [2.75, 3.05) is 19.0 Å². The van der Waals surface area contributed by atoms with Gasteiger partial charge in [0.15, 0.2) is 6.61 Å². The molecule has 0 spiro atoms. The number of carbonyl (C=O) groups excluding carboxylic acids is 3. The normalized spacial score (nSPS) is 10.0. The van der Waals surface area contributed by atoms with Crippen LogP contribution in [-0.2, 0) is 16.6 Å². The van der Waals surface area contributed by atoms with E-state index in [1.54, 1.807) is 25.2 Å². The van der Waals surface area contributed by atoms with E-state index in [-0.39, 0.29) is 11.5 Å². The zero-order valence-corrected chi connectivity index (χ0v) is 12.7. The van der Waals surface area contributed by atoms with Crippen LogP contribution in [0.25, 0.3) is 0 Å². The van der Waals surface area contributed by atoms with Crippen molar-refractivity contribution in [1.29, 1.82) is 0 Å². The van der Waals surface area contributed by atoms with Gasteiger partial charge in [0.05, 0.1) is 11.8 Å². The van der Waals surface area contributed by atoms with E-state index in [0.29, 0.717) is 11.3 Å². The van der Waals surface area contributed by atoms with Gasteiger partial charge in [-0.3, -0.25) is 14.3 Å². The predicted molar refractivity (Wildman–Crippen MR) is 82.0 cm³/mol. The molecule has 0 saturated carbocycles. The van der Waals surface area contributed by atoms with Gasteiger partial charge in [0.2, 0.25) is 0 Å². The molecule has 2 amide bonds. The molecule has 8 heteroatoms. The number of nitrogens with one attached hydrogen (secondary N) is 2. The largest absolute Gasteiger partial charge is 0.452 e. The third-order valence-electron chi connectivity index (χ3n) is 2.91. The fourth-order valence-corrected chi connectivity index (χ4v) is 1.82. The number of rotatable bonds is 5. The second-order valence-electron chi connectivity index (χ2n) is 4.69. The summed E-state index contributed by atoms with van der Waals surface area (Å²) >= 11 is 0. The fraction of sp³-hybridized carbons (Fsp3) is 0.200. The first-order valence-electron chi connectivity index (χ1n) is 6.77. The Bertz CT molecular complexity index is 739. The second kappa shape index (κ2) is 7.21. The second-order valence-corrected chi connectivity index (χ2v) is 4.69. The molecular weight excluding hydrogens is 300 g/mol. The lowest BCUT2D eigenvalue weighted by molar-refractivity contribution is -0.119. The first-order valence-corrected chi connectivity index (χ1v) is 6.77. The van der Waals surface area contributed by atoms with E-state index in [1.807, 2.05) is 0 Å². The SMILES string of the molecule is CNC(=O)c1cccc(NC(=O)COC(=O)c2cnn(C)c2)c1. The Balaban J connectivity index is 1.90. The van der Waals surface area contributed by atoms with Crippen LogP contribution in [0.15, 0.2) is 36.7 Å². The van der Waals surface area contributed by atoms with Crippen LogP contribution < -0.4 is 10.6 Å². The zero-order chi connectivity index (χ0) is 16.8. The monoisotopic (exact) mass is 316 g/mol. The van der Waals surface area contributed by atoms with E-state index >= 15 is 0 Å². The highest BCUT2D eigenvalue weighted by Gasteiger charge is 2.12. The smallest absolute Gasteiger partial charge is 0.341 e. The molecule has 0 unspecified atom stereocenters. The minimum absolute atomic E-state index is 0.260. The topological polar surface area (TPSA) is 102 Å². The summed E-state index contributed by atoms with van der Waals surface area (Å²) in [6, 6.07) is 6.42. The maximum atomic E-state index is 11.8. The first-order chi connectivity index (χ1) is 11.0. The standard InChI is InChI=1S/C15H16N4O4/c1-16-14(21)10-4-3-5-12(6-10)18-13(20)9-23-15(22)11-7-17-19(2)8-11/h3-8H,9H2,1-2H3,(H,16,21)(H,18,20). The highest BCUT2D eigenvalue weighted by molar-refractivity contribution is 5.98. The number of aromatic nitrogens is 2. The van der Waals surface area contributed by atoms with Crippen LogP contribution in [0.4, 0.5) is 5.69 Å². The molecule has 0 fully saturated rings. The first kappa shape index (κ1) is 16.2. The minimum atomic E-state index is -0.632. The molecule has 1 aromatic carbocycles. The Morgan fingerprint density at radius 2 is 2.04 bits per heavy atom.